The molecule has 15 heteroatoms. The molecule has 2 heterocycles. The first-order valence-corrected chi connectivity index (χ1v) is 19.5. The van der Waals surface area contributed by atoms with E-state index in [0.29, 0.717) is 30.2 Å². The number of likely N-dealkylation sites (N-methyl/N-ethyl adjacent to an activating group) is 1. The quantitative estimate of drug-likeness (QED) is 0.302. The molecule has 0 saturated heterocycles. The van der Waals surface area contributed by atoms with Crippen LogP contribution in [0.4, 0.5) is 5.69 Å². The highest BCUT2D eigenvalue weighted by atomic mass is 35.5. The van der Waals surface area contributed by atoms with Gasteiger partial charge in [0.25, 0.3) is 15.9 Å². The summed E-state index contributed by atoms with van der Waals surface area (Å²) in [5.74, 6) is -0.554. The number of aliphatic hydroxyl groups excluding tert-OH is 1. The Morgan fingerprint density at radius 2 is 1.83 bits per heavy atom. The van der Waals surface area contributed by atoms with Crippen LogP contribution in [0.3, 0.4) is 0 Å². The summed E-state index contributed by atoms with van der Waals surface area (Å²) in [6.07, 6.45) is 1.26. The van der Waals surface area contributed by atoms with E-state index in [-0.39, 0.29) is 52.1 Å². The van der Waals surface area contributed by atoms with Crippen molar-refractivity contribution < 1.29 is 36.2 Å². The van der Waals surface area contributed by atoms with Crippen molar-refractivity contribution >= 4 is 54.6 Å². The van der Waals surface area contributed by atoms with Gasteiger partial charge in [0.05, 0.1) is 35.3 Å². The first-order chi connectivity index (χ1) is 22.2. The molecule has 2 aromatic carbocycles. The minimum Gasteiger partial charge on any atom is -0.490 e. The Hall–Kier alpha value is -2.72. The summed E-state index contributed by atoms with van der Waals surface area (Å²) in [7, 11) is -6.27. The van der Waals surface area contributed by atoms with Gasteiger partial charge in [-0.15, -0.1) is 11.3 Å². The molecule has 1 aromatic heterocycles. The number of halogens is 1. The van der Waals surface area contributed by atoms with E-state index in [2.05, 4.69) is 4.72 Å². The minimum absolute atomic E-state index is 0.0202. The van der Waals surface area contributed by atoms with Crippen molar-refractivity contribution in [3.8, 4) is 5.75 Å². The van der Waals surface area contributed by atoms with Gasteiger partial charge in [0.1, 0.15) is 9.96 Å². The molecule has 1 amide bonds. The first-order valence-electron chi connectivity index (χ1n) is 15.3. The van der Waals surface area contributed by atoms with Gasteiger partial charge in [-0.05, 0) is 87.0 Å². The number of sulfonamides is 2. The molecule has 0 spiro atoms. The van der Waals surface area contributed by atoms with E-state index in [1.165, 1.54) is 52.7 Å². The monoisotopic (exact) mass is 727 g/mol. The van der Waals surface area contributed by atoms with Gasteiger partial charge in [-0.3, -0.25) is 9.52 Å². The first kappa shape index (κ1) is 37.1. The molecule has 1 aliphatic rings. The topological polar surface area (TPSA) is 143 Å². The minimum atomic E-state index is -3.88. The number of nitrogens with one attached hydrogen (secondary N) is 1. The van der Waals surface area contributed by atoms with Crippen molar-refractivity contribution in [2.24, 2.45) is 5.92 Å². The molecule has 1 aliphatic heterocycles. The van der Waals surface area contributed by atoms with E-state index in [9.17, 15) is 26.7 Å². The molecule has 47 heavy (non-hydrogen) atoms. The smallest absolute Gasteiger partial charge is 0.271 e. The average Bonchev–Trinajstić information content (AvgIpc) is 3.59. The van der Waals surface area contributed by atoms with Gasteiger partial charge >= 0.3 is 0 Å². The number of fused-ring (bicyclic) bond motifs is 1. The second-order valence-electron chi connectivity index (χ2n) is 11.8. The molecule has 0 fully saturated rings. The van der Waals surface area contributed by atoms with Gasteiger partial charge in [-0.1, -0.05) is 24.6 Å². The number of thiophene rings is 1. The lowest BCUT2D eigenvalue weighted by molar-refractivity contribution is -0.00833. The molecule has 11 nitrogen and oxygen atoms in total. The van der Waals surface area contributed by atoms with Crippen LogP contribution in [0.25, 0.3) is 0 Å². The predicted octanol–water partition coefficient (Wildman–Crippen LogP) is 5.32. The number of nitrogens with zero attached hydrogens (tertiary/aromatic N) is 2. The fourth-order valence-electron chi connectivity index (χ4n) is 5.21. The lowest BCUT2D eigenvalue weighted by Crippen LogP contribution is -2.48. The van der Waals surface area contributed by atoms with Crippen molar-refractivity contribution in [2.45, 2.75) is 67.4 Å². The van der Waals surface area contributed by atoms with Crippen LogP contribution in [0.1, 0.15) is 50.4 Å². The second kappa shape index (κ2) is 16.1. The van der Waals surface area contributed by atoms with Crippen LogP contribution in [0.2, 0.25) is 5.02 Å². The zero-order valence-corrected chi connectivity index (χ0v) is 30.0. The van der Waals surface area contributed by atoms with Crippen LogP contribution in [0.15, 0.2) is 69.1 Å². The van der Waals surface area contributed by atoms with E-state index in [4.69, 9.17) is 21.1 Å². The summed E-state index contributed by atoms with van der Waals surface area (Å²) in [6.45, 7) is 5.63. The normalized spacial score (nSPS) is 21.0. The number of rotatable bonds is 9. The van der Waals surface area contributed by atoms with Crippen LogP contribution in [-0.4, -0.2) is 88.7 Å². The number of benzene rings is 2. The van der Waals surface area contributed by atoms with E-state index in [0.717, 1.165) is 17.8 Å². The standard InChI is InChI=1S/C32H42ClN3O8S3/c1-22-19-36(23(2)21-37)32(38)28-18-26(34-46(39,40)31-9-7-17-45-31)12-15-29(28)44-24(3)8-5-6-16-43-30(22)20-35(4)47(41,42)27-13-10-25(33)11-14-27/h7,9-15,17-18,22-24,30,34,37H,5-6,8,16,19-21H2,1-4H3/t22-,23-,24+,30+/m1/s1. The molecule has 2 N–H and O–H groups in total. The van der Waals surface area contributed by atoms with E-state index >= 15 is 0 Å². The van der Waals surface area contributed by atoms with Gasteiger partial charge in [0.2, 0.25) is 10.0 Å². The molecule has 258 valence electrons. The lowest BCUT2D eigenvalue weighted by atomic mass is 10.0. The fourth-order valence-corrected chi connectivity index (χ4v) is 8.56. The summed E-state index contributed by atoms with van der Waals surface area (Å²) in [5.41, 5.74) is 0.315. The molecular formula is C32H42ClN3O8S3. The maximum atomic E-state index is 14.3. The fraction of sp³-hybridized carbons (Fsp3) is 0.469. The van der Waals surface area contributed by atoms with Crippen molar-refractivity contribution in [3.05, 3.63) is 70.6 Å². The van der Waals surface area contributed by atoms with E-state index in [1.54, 1.807) is 30.5 Å². The SMILES string of the molecule is C[C@@H]1CN([C@H](C)CO)C(=O)c2cc(NS(=O)(=O)c3cccs3)ccc2O[C@@H](C)CCCCO[C@H]1CN(C)S(=O)(=O)c1ccc(Cl)cc1. The van der Waals surface area contributed by atoms with Crippen LogP contribution >= 0.6 is 22.9 Å². The maximum Gasteiger partial charge on any atom is 0.271 e. The van der Waals surface area contributed by atoms with Crippen LogP contribution in [0, 0.1) is 5.92 Å². The molecule has 3 aromatic rings. The van der Waals surface area contributed by atoms with E-state index in [1.807, 2.05) is 13.8 Å². The van der Waals surface area contributed by atoms with Gasteiger partial charge in [0, 0.05) is 43.4 Å². The molecule has 4 rings (SSSR count). The highest BCUT2D eigenvalue weighted by molar-refractivity contribution is 7.94. The second-order valence-corrected chi connectivity index (χ2v) is 17.1. The van der Waals surface area contributed by atoms with Crippen molar-refractivity contribution in [3.63, 3.8) is 0 Å². The number of ether oxygens (including phenoxy) is 2. The molecule has 0 bridgehead atoms. The molecule has 0 unspecified atom stereocenters. The number of carbonyl (C=O) groups excluding carboxylic acids is 1. The Morgan fingerprint density at radius 3 is 2.49 bits per heavy atom. The number of aliphatic hydroxyl groups is 1. The Kier molecular flexibility index (Phi) is 12.7. The van der Waals surface area contributed by atoms with Gasteiger partial charge in [-0.2, -0.15) is 4.31 Å². The Labute approximate surface area is 286 Å². The Bertz CT molecular complexity index is 1700. The summed E-state index contributed by atoms with van der Waals surface area (Å²) in [5, 5.41) is 12.3. The molecule has 0 saturated carbocycles. The summed E-state index contributed by atoms with van der Waals surface area (Å²) in [6, 6.07) is 13.0. The highest BCUT2D eigenvalue weighted by Crippen LogP contribution is 2.30. The van der Waals surface area contributed by atoms with Gasteiger partial charge < -0.3 is 19.5 Å². The lowest BCUT2D eigenvalue weighted by Gasteiger charge is -2.35. The molecule has 0 radical (unpaired) electrons. The molecule has 4 atom stereocenters. The summed E-state index contributed by atoms with van der Waals surface area (Å²) in [4.78, 5) is 15.9. The number of carbonyl (C=O) groups is 1. The molecular weight excluding hydrogens is 686 g/mol. The predicted molar refractivity (Wildman–Crippen MR) is 183 cm³/mol. The van der Waals surface area contributed by atoms with Crippen LogP contribution in [0.5, 0.6) is 5.75 Å². The van der Waals surface area contributed by atoms with Crippen LogP contribution in [-0.2, 0) is 24.8 Å². The molecule has 0 aliphatic carbocycles. The average molecular weight is 728 g/mol. The summed E-state index contributed by atoms with van der Waals surface area (Å²) >= 11 is 7.04. The third-order valence-electron chi connectivity index (χ3n) is 8.02. The highest BCUT2D eigenvalue weighted by Gasteiger charge is 2.32. The van der Waals surface area contributed by atoms with Crippen LogP contribution < -0.4 is 9.46 Å². The number of hydrogen-bond acceptors (Lipinski definition) is 9. The van der Waals surface area contributed by atoms with Crippen molar-refractivity contribution in [1.82, 2.24) is 9.21 Å². The number of hydrogen-bond donors (Lipinski definition) is 2. The Morgan fingerprint density at radius 1 is 1.11 bits per heavy atom. The Balaban J connectivity index is 1.67. The zero-order chi connectivity index (χ0) is 34.4. The number of anilines is 1. The van der Waals surface area contributed by atoms with Gasteiger partial charge in [0.15, 0.2) is 0 Å². The maximum absolute atomic E-state index is 14.3. The third kappa shape index (κ3) is 9.46. The summed E-state index contributed by atoms with van der Waals surface area (Å²) < 4.78 is 69.2. The van der Waals surface area contributed by atoms with Gasteiger partial charge in [-0.25, -0.2) is 16.8 Å². The van der Waals surface area contributed by atoms with Crippen molar-refractivity contribution in [2.75, 3.05) is 38.1 Å². The largest absolute Gasteiger partial charge is 0.490 e. The third-order valence-corrected chi connectivity index (χ3v) is 12.9. The van der Waals surface area contributed by atoms with E-state index < -0.39 is 38.1 Å². The zero-order valence-electron chi connectivity index (χ0n) is 26.8. The van der Waals surface area contributed by atoms with Crippen molar-refractivity contribution in [1.29, 1.82) is 0 Å². The number of amides is 1.